The minimum atomic E-state index is -0.236. The Kier molecular flexibility index (Phi) is 6.91. The zero-order chi connectivity index (χ0) is 20.0. The standard InChI is InChI=1S/C21H31N5O/c1-15-14-18(25-20(23-15)22-12-7-13-26(5)6)19(27)24-17-10-8-16(9-11-17)21(2,3)4/h8-11,14H,7,12-13H2,1-6H3,(H,24,27)(H,22,23,25). The van der Waals surface area contributed by atoms with E-state index in [1.165, 1.54) is 5.56 Å². The number of hydrogen-bond donors (Lipinski definition) is 2. The predicted molar refractivity (Wildman–Crippen MR) is 112 cm³/mol. The molecule has 0 radical (unpaired) electrons. The van der Waals surface area contributed by atoms with Crippen LogP contribution in [-0.2, 0) is 5.41 Å². The molecule has 1 aromatic heterocycles. The van der Waals surface area contributed by atoms with Gasteiger partial charge in [0.1, 0.15) is 5.69 Å². The van der Waals surface area contributed by atoms with Crippen LogP contribution in [0.1, 0.15) is 48.9 Å². The molecule has 2 rings (SSSR count). The van der Waals surface area contributed by atoms with Gasteiger partial charge in [0, 0.05) is 17.9 Å². The van der Waals surface area contributed by atoms with Crippen LogP contribution in [0.2, 0.25) is 0 Å². The molecule has 0 saturated heterocycles. The van der Waals surface area contributed by atoms with Crippen molar-refractivity contribution in [1.82, 2.24) is 14.9 Å². The van der Waals surface area contributed by atoms with Crippen molar-refractivity contribution in [2.45, 2.75) is 39.5 Å². The van der Waals surface area contributed by atoms with E-state index in [0.717, 1.165) is 30.9 Å². The van der Waals surface area contributed by atoms with Gasteiger partial charge in [-0.15, -0.1) is 0 Å². The molecule has 6 heteroatoms. The molecule has 0 spiro atoms. The van der Waals surface area contributed by atoms with E-state index < -0.39 is 0 Å². The van der Waals surface area contributed by atoms with Gasteiger partial charge >= 0.3 is 0 Å². The monoisotopic (exact) mass is 369 g/mol. The Morgan fingerprint density at radius 1 is 1.11 bits per heavy atom. The molecule has 0 fully saturated rings. The number of rotatable bonds is 7. The largest absolute Gasteiger partial charge is 0.354 e. The number of anilines is 2. The molecule has 0 aliphatic carbocycles. The zero-order valence-corrected chi connectivity index (χ0v) is 17.3. The fraction of sp³-hybridized carbons (Fsp3) is 0.476. The third-order valence-corrected chi connectivity index (χ3v) is 4.16. The molecule has 1 aromatic carbocycles. The van der Waals surface area contributed by atoms with Crippen molar-refractivity contribution < 1.29 is 4.79 Å². The van der Waals surface area contributed by atoms with Gasteiger partial charge in [0.25, 0.3) is 5.91 Å². The molecule has 0 aliphatic rings. The molecule has 0 atom stereocenters. The highest BCUT2D eigenvalue weighted by atomic mass is 16.1. The van der Waals surface area contributed by atoms with Gasteiger partial charge in [-0.25, -0.2) is 9.97 Å². The summed E-state index contributed by atoms with van der Waals surface area (Å²) >= 11 is 0. The minimum absolute atomic E-state index is 0.0828. The lowest BCUT2D eigenvalue weighted by molar-refractivity contribution is 0.102. The molecule has 0 saturated carbocycles. The van der Waals surface area contributed by atoms with Crippen molar-refractivity contribution in [3.63, 3.8) is 0 Å². The van der Waals surface area contributed by atoms with Crippen molar-refractivity contribution in [2.75, 3.05) is 37.8 Å². The number of nitrogens with one attached hydrogen (secondary N) is 2. The number of benzene rings is 1. The Bertz CT molecular complexity index is 763. The summed E-state index contributed by atoms with van der Waals surface area (Å²) in [5.74, 6) is 0.252. The molecule has 2 N–H and O–H groups in total. The molecule has 0 aliphatic heterocycles. The number of aryl methyl sites for hydroxylation is 1. The lowest BCUT2D eigenvalue weighted by Gasteiger charge is -2.19. The molecule has 2 aromatic rings. The quantitative estimate of drug-likeness (QED) is 0.728. The van der Waals surface area contributed by atoms with E-state index >= 15 is 0 Å². The van der Waals surface area contributed by atoms with Crippen molar-refractivity contribution in [3.05, 3.63) is 47.3 Å². The number of hydrogen-bond acceptors (Lipinski definition) is 5. The second-order valence-corrected chi connectivity index (χ2v) is 8.08. The van der Waals surface area contributed by atoms with E-state index in [1.807, 2.05) is 45.3 Å². The number of carbonyl (C=O) groups is 1. The Morgan fingerprint density at radius 3 is 2.37 bits per heavy atom. The Morgan fingerprint density at radius 2 is 1.78 bits per heavy atom. The molecule has 1 heterocycles. The molecule has 6 nitrogen and oxygen atoms in total. The molecule has 0 bridgehead atoms. The van der Waals surface area contributed by atoms with E-state index in [4.69, 9.17) is 0 Å². The third-order valence-electron chi connectivity index (χ3n) is 4.16. The van der Waals surface area contributed by atoms with Crippen LogP contribution in [0.5, 0.6) is 0 Å². The van der Waals surface area contributed by atoms with Gasteiger partial charge in [-0.3, -0.25) is 4.79 Å². The van der Waals surface area contributed by atoms with Crippen LogP contribution in [0.3, 0.4) is 0 Å². The van der Waals surface area contributed by atoms with Gasteiger partial charge < -0.3 is 15.5 Å². The summed E-state index contributed by atoms with van der Waals surface area (Å²) in [5.41, 5.74) is 3.18. The maximum Gasteiger partial charge on any atom is 0.274 e. The van der Waals surface area contributed by atoms with Crippen LogP contribution in [-0.4, -0.2) is 48.0 Å². The molecule has 27 heavy (non-hydrogen) atoms. The zero-order valence-electron chi connectivity index (χ0n) is 17.3. The fourth-order valence-corrected chi connectivity index (χ4v) is 2.61. The molecular weight excluding hydrogens is 338 g/mol. The lowest BCUT2D eigenvalue weighted by Crippen LogP contribution is -2.19. The van der Waals surface area contributed by atoms with E-state index in [2.05, 4.69) is 46.3 Å². The van der Waals surface area contributed by atoms with Gasteiger partial charge in [0.05, 0.1) is 0 Å². The number of amides is 1. The van der Waals surface area contributed by atoms with Crippen LogP contribution >= 0.6 is 0 Å². The Hall–Kier alpha value is -2.47. The van der Waals surface area contributed by atoms with Crippen LogP contribution < -0.4 is 10.6 Å². The second-order valence-electron chi connectivity index (χ2n) is 8.08. The predicted octanol–water partition coefficient (Wildman–Crippen LogP) is 3.70. The van der Waals surface area contributed by atoms with Crippen LogP contribution in [0, 0.1) is 6.92 Å². The first kappa shape index (κ1) is 20.8. The summed E-state index contributed by atoms with van der Waals surface area (Å²) in [4.78, 5) is 23.4. The van der Waals surface area contributed by atoms with Crippen molar-refractivity contribution >= 4 is 17.5 Å². The first-order valence-electron chi connectivity index (χ1n) is 9.31. The van der Waals surface area contributed by atoms with Crippen LogP contribution in [0.15, 0.2) is 30.3 Å². The lowest BCUT2D eigenvalue weighted by atomic mass is 9.87. The van der Waals surface area contributed by atoms with Crippen molar-refractivity contribution in [3.8, 4) is 0 Å². The summed E-state index contributed by atoms with van der Waals surface area (Å²) in [6.07, 6.45) is 0.978. The van der Waals surface area contributed by atoms with E-state index in [0.29, 0.717) is 11.6 Å². The minimum Gasteiger partial charge on any atom is -0.354 e. The maximum absolute atomic E-state index is 12.6. The Labute approximate surface area is 162 Å². The van der Waals surface area contributed by atoms with E-state index in [9.17, 15) is 4.79 Å². The third kappa shape index (κ3) is 6.64. The second kappa shape index (κ2) is 8.95. The van der Waals surface area contributed by atoms with Crippen LogP contribution in [0.4, 0.5) is 11.6 Å². The summed E-state index contributed by atoms with van der Waals surface area (Å²) < 4.78 is 0. The van der Waals surface area contributed by atoms with Gasteiger partial charge in [-0.05, 0) is 63.2 Å². The normalized spacial score (nSPS) is 11.5. The number of carbonyl (C=O) groups excluding carboxylic acids is 1. The van der Waals surface area contributed by atoms with Crippen molar-refractivity contribution in [1.29, 1.82) is 0 Å². The first-order chi connectivity index (χ1) is 12.6. The van der Waals surface area contributed by atoms with Crippen LogP contribution in [0.25, 0.3) is 0 Å². The average Bonchev–Trinajstić information content (AvgIpc) is 2.58. The highest BCUT2D eigenvalue weighted by Crippen LogP contribution is 2.23. The summed E-state index contributed by atoms with van der Waals surface area (Å²) in [6.45, 7) is 10.1. The molecule has 146 valence electrons. The summed E-state index contributed by atoms with van der Waals surface area (Å²) in [7, 11) is 4.08. The van der Waals surface area contributed by atoms with Crippen molar-refractivity contribution in [2.24, 2.45) is 0 Å². The van der Waals surface area contributed by atoms with Gasteiger partial charge in [0.2, 0.25) is 5.95 Å². The molecular formula is C21H31N5O. The first-order valence-corrected chi connectivity index (χ1v) is 9.31. The highest BCUT2D eigenvalue weighted by molar-refractivity contribution is 6.03. The van der Waals surface area contributed by atoms with E-state index in [-0.39, 0.29) is 11.3 Å². The van der Waals surface area contributed by atoms with Gasteiger partial charge in [0.15, 0.2) is 0 Å². The Balaban J connectivity index is 2.03. The van der Waals surface area contributed by atoms with Gasteiger partial charge in [-0.1, -0.05) is 32.9 Å². The SMILES string of the molecule is Cc1cc(C(=O)Nc2ccc(C(C)(C)C)cc2)nc(NCCCN(C)C)n1. The van der Waals surface area contributed by atoms with E-state index in [1.54, 1.807) is 6.07 Å². The summed E-state index contributed by atoms with van der Waals surface area (Å²) in [6, 6.07) is 9.63. The highest BCUT2D eigenvalue weighted by Gasteiger charge is 2.14. The summed E-state index contributed by atoms with van der Waals surface area (Å²) in [5, 5.41) is 6.11. The molecule has 1 amide bonds. The molecule has 0 unspecified atom stereocenters. The number of aromatic nitrogens is 2. The average molecular weight is 370 g/mol. The number of nitrogens with zero attached hydrogens (tertiary/aromatic N) is 3. The maximum atomic E-state index is 12.6. The fourth-order valence-electron chi connectivity index (χ4n) is 2.61. The van der Waals surface area contributed by atoms with Gasteiger partial charge in [-0.2, -0.15) is 0 Å². The smallest absolute Gasteiger partial charge is 0.274 e. The topological polar surface area (TPSA) is 70.2 Å².